The highest BCUT2D eigenvalue weighted by molar-refractivity contribution is 6.01. The second-order valence-corrected chi connectivity index (χ2v) is 13.6. The summed E-state index contributed by atoms with van der Waals surface area (Å²) in [5, 5.41) is 11.4. The fraction of sp³-hybridized carbons (Fsp3) is 0.559. The number of benzene rings is 1. The number of nitrogens with one attached hydrogen (secondary N) is 1. The van der Waals surface area contributed by atoms with Crippen molar-refractivity contribution in [3.63, 3.8) is 0 Å². The Kier molecular flexibility index (Phi) is 11.3. The van der Waals surface area contributed by atoms with Gasteiger partial charge >= 0.3 is 11.9 Å². The molecule has 3 aliphatic rings. The van der Waals surface area contributed by atoms with Crippen molar-refractivity contribution < 1.29 is 37.8 Å². The van der Waals surface area contributed by atoms with Crippen LogP contribution in [0, 0.1) is 17.2 Å². The van der Waals surface area contributed by atoms with Gasteiger partial charge in [-0.25, -0.2) is 19.0 Å². The molecule has 0 saturated carbocycles. The van der Waals surface area contributed by atoms with E-state index in [9.17, 15) is 19.2 Å². The van der Waals surface area contributed by atoms with E-state index in [0.29, 0.717) is 50.4 Å². The average Bonchev–Trinajstić information content (AvgIpc) is 3.49. The van der Waals surface area contributed by atoms with Crippen LogP contribution >= 0.6 is 0 Å². The molecule has 3 N–H and O–H groups in total. The van der Waals surface area contributed by atoms with Crippen molar-refractivity contribution in [3.05, 3.63) is 35.9 Å². The quantitative estimate of drug-likeness (QED) is 0.167. The third kappa shape index (κ3) is 8.02. The summed E-state index contributed by atoms with van der Waals surface area (Å²) < 4.78 is 32.3. The Morgan fingerprint density at radius 2 is 1.80 bits per heavy atom. The molecule has 2 saturated heterocycles. The number of amides is 2. The SMILES string of the molecule is CCN(C(=O)c1cc(F)c2c(c1Oc1nncnc1N1CCC3(C1)CN(C(CCNCCC(N)=O)C(C)C)C3)OC(=O)/C=C/C(=O)O2)C(C)C. The summed E-state index contributed by atoms with van der Waals surface area (Å²) in [6, 6.07) is 0.993. The maximum absolute atomic E-state index is 15.5. The number of carbonyl (C=O) groups excluding carboxylic acids is 4. The van der Waals surface area contributed by atoms with Gasteiger partial charge in [-0.05, 0) is 52.1 Å². The molecule has 50 heavy (non-hydrogen) atoms. The largest absolute Gasteiger partial charge is 0.430 e. The molecule has 2 fully saturated rings. The highest BCUT2D eigenvalue weighted by Crippen LogP contribution is 2.48. The van der Waals surface area contributed by atoms with Crippen LogP contribution in [0.25, 0.3) is 0 Å². The molecule has 1 unspecified atom stereocenters. The van der Waals surface area contributed by atoms with Crippen LogP contribution in [0.5, 0.6) is 23.1 Å². The molecule has 1 aromatic carbocycles. The predicted octanol–water partition coefficient (Wildman–Crippen LogP) is 2.45. The molecule has 3 aliphatic heterocycles. The first-order valence-corrected chi connectivity index (χ1v) is 16.9. The Hall–Kier alpha value is -4.70. The van der Waals surface area contributed by atoms with E-state index >= 15 is 4.39 Å². The molecule has 0 radical (unpaired) electrons. The van der Waals surface area contributed by atoms with Gasteiger partial charge in [-0.3, -0.25) is 14.5 Å². The van der Waals surface area contributed by atoms with E-state index in [1.165, 1.54) is 11.2 Å². The molecule has 2 amide bonds. The van der Waals surface area contributed by atoms with Crippen molar-refractivity contribution in [3.8, 4) is 23.1 Å². The fourth-order valence-corrected chi connectivity index (χ4v) is 6.93. The van der Waals surface area contributed by atoms with Crippen molar-refractivity contribution in [1.82, 2.24) is 30.3 Å². The molecule has 1 atom stereocenters. The first-order chi connectivity index (χ1) is 23.8. The minimum absolute atomic E-state index is 0.00997. The Labute approximate surface area is 290 Å². The van der Waals surface area contributed by atoms with Gasteiger partial charge in [0.05, 0.1) is 5.56 Å². The zero-order chi connectivity index (χ0) is 36.2. The van der Waals surface area contributed by atoms with E-state index in [1.807, 2.05) is 4.90 Å². The molecule has 2 aromatic rings. The number of likely N-dealkylation sites (tertiary alicyclic amines) is 1. The third-order valence-electron chi connectivity index (χ3n) is 9.35. The van der Waals surface area contributed by atoms with E-state index in [1.54, 1.807) is 20.8 Å². The second kappa shape index (κ2) is 15.5. The molecular weight excluding hydrogens is 651 g/mol. The summed E-state index contributed by atoms with van der Waals surface area (Å²) in [6.07, 6.45) is 5.07. The number of fused-ring (bicyclic) bond motifs is 1. The fourth-order valence-electron chi connectivity index (χ4n) is 6.93. The minimum atomic E-state index is -1.10. The van der Waals surface area contributed by atoms with Gasteiger partial charge in [0, 0.05) is 75.3 Å². The van der Waals surface area contributed by atoms with E-state index in [0.717, 1.165) is 50.7 Å². The number of carbonyl (C=O) groups is 4. The van der Waals surface area contributed by atoms with Crippen LogP contribution in [0.3, 0.4) is 0 Å². The van der Waals surface area contributed by atoms with Gasteiger partial charge < -0.3 is 35.1 Å². The molecule has 1 spiro atoms. The van der Waals surface area contributed by atoms with Gasteiger partial charge in [0.1, 0.15) is 6.33 Å². The lowest BCUT2D eigenvalue weighted by atomic mass is 9.76. The molecule has 15 nitrogen and oxygen atoms in total. The zero-order valence-electron chi connectivity index (χ0n) is 29.1. The van der Waals surface area contributed by atoms with Crippen molar-refractivity contribution >= 4 is 29.6 Å². The summed E-state index contributed by atoms with van der Waals surface area (Å²) >= 11 is 0. The number of hydrogen-bond donors (Lipinski definition) is 2. The molecule has 5 rings (SSSR count). The summed E-state index contributed by atoms with van der Waals surface area (Å²) in [4.78, 5) is 60.3. The molecule has 0 aliphatic carbocycles. The van der Waals surface area contributed by atoms with Gasteiger partial charge in [-0.15, -0.1) is 10.2 Å². The van der Waals surface area contributed by atoms with Crippen LogP contribution in [0.4, 0.5) is 10.2 Å². The molecule has 270 valence electrons. The smallest absolute Gasteiger partial charge is 0.336 e. The lowest BCUT2D eigenvalue weighted by Gasteiger charge is -2.53. The lowest BCUT2D eigenvalue weighted by molar-refractivity contribution is -0.133. The minimum Gasteiger partial charge on any atom is -0.430 e. The summed E-state index contributed by atoms with van der Waals surface area (Å²) in [7, 11) is 0. The number of nitrogens with two attached hydrogens (primary N) is 1. The Morgan fingerprint density at radius 1 is 1.10 bits per heavy atom. The van der Waals surface area contributed by atoms with E-state index in [2.05, 4.69) is 39.2 Å². The monoisotopic (exact) mass is 696 g/mol. The van der Waals surface area contributed by atoms with Crippen LogP contribution in [0.1, 0.15) is 64.2 Å². The Bertz CT molecular complexity index is 1650. The Balaban J connectivity index is 1.40. The summed E-state index contributed by atoms with van der Waals surface area (Å²) in [5.41, 5.74) is 4.99. The standard InChI is InChI=1S/C34H45FN8O7/c1-6-43(21(4)5)33(47)22-15-23(35)29-30(49-27(46)8-7-26(45)48-29)28(22)50-32-31(38-19-39-40-32)41-14-11-34(16-41)17-42(18-34)24(20(2)3)9-12-37-13-10-25(36)44/h7-8,15,19-21,24,37H,6,9-14,16-18H2,1-5H3,(H2,36,44)/b8-7+. The number of esters is 2. The topological polar surface area (TPSA) is 182 Å². The third-order valence-corrected chi connectivity index (χ3v) is 9.35. The van der Waals surface area contributed by atoms with Gasteiger partial charge in [-0.1, -0.05) is 13.8 Å². The predicted molar refractivity (Wildman–Crippen MR) is 179 cm³/mol. The van der Waals surface area contributed by atoms with Gasteiger partial charge in [-0.2, -0.15) is 0 Å². The van der Waals surface area contributed by atoms with Crippen molar-refractivity contribution in [2.45, 2.75) is 66.0 Å². The Morgan fingerprint density at radius 3 is 2.44 bits per heavy atom. The van der Waals surface area contributed by atoms with Crippen LogP contribution in [0.2, 0.25) is 0 Å². The van der Waals surface area contributed by atoms with E-state index in [-0.39, 0.29) is 34.6 Å². The second-order valence-electron chi connectivity index (χ2n) is 13.6. The molecule has 4 heterocycles. The molecule has 16 heteroatoms. The van der Waals surface area contributed by atoms with Crippen LogP contribution < -0.4 is 30.2 Å². The number of hydrogen-bond acceptors (Lipinski definition) is 13. The van der Waals surface area contributed by atoms with Crippen LogP contribution in [0.15, 0.2) is 24.5 Å². The zero-order valence-corrected chi connectivity index (χ0v) is 29.1. The number of nitrogens with zero attached hydrogens (tertiary/aromatic N) is 6. The van der Waals surface area contributed by atoms with Crippen LogP contribution in [-0.4, -0.2) is 107 Å². The number of ether oxygens (including phenoxy) is 3. The number of aromatic nitrogens is 3. The number of primary amides is 1. The van der Waals surface area contributed by atoms with E-state index in [4.69, 9.17) is 19.9 Å². The number of halogens is 1. The summed E-state index contributed by atoms with van der Waals surface area (Å²) in [6.45, 7) is 14.5. The maximum atomic E-state index is 15.5. The molecule has 0 bridgehead atoms. The molecule has 1 aromatic heterocycles. The van der Waals surface area contributed by atoms with E-state index < -0.39 is 35.2 Å². The first kappa shape index (κ1) is 36.6. The highest BCUT2D eigenvalue weighted by atomic mass is 19.1. The molecular formula is C34H45FN8O7. The van der Waals surface area contributed by atoms with Gasteiger partial charge in [0.25, 0.3) is 11.8 Å². The maximum Gasteiger partial charge on any atom is 0.336 e. The van der Waals surface area contributed by atoms with Gasteiger partial charge in [0.15, 0.2) is 17.4 Å². The summed E-state index contributed by atoms with van der Waals surface area (Å²) in [5.74, 6) is -5.00. The van der Waals surface area contributed by atoms with Gasteiger partial charge in [0.2, 0.25) is 17.4 Å². The van der Waals surface area contributed by atoms with Crippen molar-refractivity contribution in [2.75, 3.05) is 50.7 Å². The average molecular weight is 697 g/mol. The first-order valence-electron chi connectivity index (χ1n) is 16.9. The highest BCUT2D eigenvalue weighted by Gasteiger charge is 2.50. The lowest BCUT2D eigenvalue weighted by Crippen LogP contribution is -2.62. The van der Waals surface area contributed by atoms with Crippen LogP contribution in [-0.2, 0) is 14.4 Å². The number of rotatable bonds is 14. The van der Waals surface area contributed by atoms with Crippen molar-refractivity contribution in [2.24, 2.45) is 17.1 Å². The van der Waals surface area contributed by atoms with Crippen molar-refractivity contribution in [1.29, 1.82) is 0 Å². The normalized spacial score (nSPS) is 18.2. The number of anilines is 1.